The molecule has 1 aromatic heterocycles. The SMILES string of the molecule is COCC[C@@H]1CN(Cc2cc3cc(C)ccc3n2C)CCO1. The Morgan fingerprint density at radius 2 is 2.18 bits per heavy atom. The number of methoxy groups -OCH3 is 1. The van der Waals surface area contributed by atoms with Crippen molar-refractivity contribution in [2.24, 2.45) is 7.05 Å². The molecule has 2 aromatic rings. The van der Waals surface area contributed by atoms with Crippen molar-refractivity contribution in [2.75, 3.05) is 33.4 Å². The molecule has 0 aliphatic carbocycles. The van der Waals surface area contributed by atoms with Crippen LogP contribution in [-0.2, 0) is 23.1 Å². The molecule has 4 heteroatoms. The van der Waals surface area contributed by atoms with Gasteiger partial charge in [0, 0.05) is 57.0 Å². The van der Waals surface area contributed by atoms with Gasteiger partial charge in [-0.2, -0.15) is 0 Å². The van der Waals surface area contributed by atoms with E-state index in [4.69, 9.17) is 9.47 Å². The van der Waals surface area contributed by atoms with Gasteiger partial charge in [-0.05, 0) is 31.5 Å². The third-order valence-electron chi connectivity index (χ3n) is 4.55. The van der Waals surface area contributed by atoms with E-state index >= 15 is 0 Å². The maximum Gasteiger partial charge on any atom is 0.0724 e. The third kappa shape index (κ3) is 3.35. The van der Waals surface area contributed by atoms with Gasteiger partial charge in [0.2, 0.25) is 0 Å². The number of hydrogen-bond donors (Lipinski definition) is 0. The molecule has 0 saturated carbocycles. The van der Waals surface area contributed by atoms with Crippen LogP contribution in [0.4, 0.5) is 0 Å². The molecule has 0 amide bonds. The van der Waals surface area contributed by atoms with E-state index in [-0.39, 0.29) is 0 Å². The number of benzene rings is 1. The molecular weight excluding hydrogens is 276 g/mol. The van der Waals surface area contributed by atoms with E-state index in [9.17, 15) is 0 Å². The van der Waals surface area contributed by atoms with Crippen molar-refractivity contribution in [3.8, 4) is 0 Å². The van der Waals surface area contributed by atoms with Crippen LogP contribution in [0.15, 0.2) is 24.3 Å². The second-order valence-electron chi connectivity index (χ2n) is 6.27. The monoisotopic (exact) mass is 302 g/mol. The first-order valence-electron chi connectivity index (χ1n) is 8.05. The van der Waals surface area contributed by atoms with Crippen LogP contribution in [0.3, 0.4) is 0 Å². The third-order valence-corrected chi connectivity index (χ3v) is 4.55. The Hall–Kier alpha value is -1.36. The number of aromatic nitrogens is 1. The minimum atomic E-state index is 0.297. The van der Waals surface area contributed by atoms with Gasteiger partial charge >= 0.3 is 0 Å². The second kappa shape index (κ2) is 6.82. The van der Waals surface area contributed by atoms with Gasteiger partial charge in [0.15, 0.2) is 0 Å². The fourth-order valence-corrected chi connectivity index (χ4v) is 3.25. The molecule has 120 valence electrons. The molecule has 0 spiro atoms. The molecule has 2 heterocycles. The molecule has 1 fully saturated rings. The zero-order valence-electron chi connectivity index (χ0n) is 13.8. The molecule has 0 unspecified atom stereocenters. The number of nitrogens with zero attached hydrogens (tertiary/aromatic N) is 2. The minimum absolute atomic E-state index is 0.297. The highest BCUT2D eigenvalue weighted by molar-refractivity contribution is 5.82. The molecule has 0 bridgehead atoms. The highest BCUT2D eigenvalue weighted by Crippen LogP contribution is 2.22. The summed E-state index contributed by atoms with van der Waals surface area (Å²) in [6.45, 7) is 6.71. The van der Waals surface area contributed by atoms with E-state index in [1.54, 1.807) is 7.11 Å². The number of rotatable bonds is 5. The summed E-state index contributed by atoms with van der Waals surface area (Å²) in [4.78, 5) is 2.49. The summed E-state index contributed by atoms with van der Waals surface area (Å²) in [7, 11) is 3.91. The first-order chi connectivity index (χ1) is 10.7. The molecule has 4 nitrogen and oxygen atoms in total. The van der Waals surface area contributed by atoms with Gasteiger partial charge in [0.25, 0.3) is 0 Å². The van der Waals surface area contributed by atoms with E-state index in [1.807, 2.05) is 0 Å². The van der Waals surface area contributed by atoms with E-state index < -0.39 is 0 Å². The highest BCUT2D eigenvalue weighted by Gasteiger charge is 2.21. The molecule has 0 radical (unpaired) electrons. The van der Waals surface area contributed by atoms with Crippen LogP contribution in [0, 0.1) is 6.92 Å². The normalized spacial score (nSPS) is 19.9. The number of hydrogen-bond acceptors (Lipinski definition) is 3. The Bertz CT molecular complexity index is 635. The topological polar surface area (TPSA) is 26.6 Å². The number of aryl methyl sites for hydroxylation is 2. The average molecular weight is 302 g/mol. The largest absolute Gasteiger partial charge is 0.385 e. The Labute approximate surface area is 132 Å². The number of fused-ring (bicyclic) bond motifs is 1. The van der Waals surface area contributed by atoms with Crippen LogP contribution < -0.4 is 0 Å². The standard InChI is InChI=1S/C18H26N2O2/c1-14-4-5-18-15(10-14)11-16(19(18)2)12-20-7-9-22-17(13-20)6-8-21-3/h4-5,10-11,17H,6-9,12-13H2,1-3H3/t17-/m1/s1. The predicted molar refractivity (Wildman–Crippen MR) is 89.2 cm³/mol. The van der Waals surface area contributed by atoms with Gasteiger partial charge in [-0.25, -0.2) is 0 Å². The van der Waals surface area contributed by atoms with Gasteiger partial charge < -0.3 is 14.0 Å². The van der Waals surface area contributed by atoms with E-state index in [2.05, 4.69) is 47.7 Å². The molecule has 0 N–H and O–H groups in total. The minimum Gasteiger partial charge on any atom is -0.385 e. The fraction of sp³-hybridized carbons (Fsp3) is 0.556. The van der Waals surface area contributed by atoms with Crippen LogP contribution in [0.2, 0.25) is 0 Å². The Kier molecular flexibility index (Phi) is 4.81. The summed E-state index contributed by atoms with van der Waals surface area (Å²) in [5, 5.41) is 1.33. The first kappa shape index (κ1) is 15.5. The van der Waals surface area contributed by atoms with Crippen molar-refractivity contribution in [3.63, 3.8) is 0 Å². The second-order valence-corrected chi connectivity index (χ2v) is 6.27. The van der Waals surface area contributed by atoms with Crippen LogP contribution >= 0.6 is 0 Å². The molecule has 22 heavy (non-hydrogen) atoms. The quantitative estimate of drug-likeness (QED) is 0.849. The molecule has 1 aromatic carbocycles. The lowest BCUT2D eigenvalue weighted by Crippen LogP contribution is -2.42. The Morgan fingerprint density at radius 3 is 3.00 bits per heavy atom. The van der Waals surface area contributed by atoms with Crippen LogP contribution in [0.1, 0.15) is 17.7 Å². The lowest BCUT2D eigenvalue weighted by Gasteiger charge is -2.32. The molecule has 1 aliphatic rings. The molecule has 3 rings (SSSR count). The predicted octanol–water partition coefficient (Wildman–Crippen LogP) is 2.72. The Balaban J connectivity index is 1.71. The molecular formula is C18H26N2O2. The van der Waals surface area contributed by atoms with E-state index in [0.29, 0.717) is 6.10 Å². The van der Waals surface area contributed by atoms with E-state index in [0.717, 1.165) is 39.3 Å². The van der Waals surface area contributed by atoms with Gasteiger partial charge in [0.1, 0.15) is 0 Å². The summed E-state index contributed by atoms with van der Waals surface area (Å²) < 4.78 is 13.3. The van der Waals surface area contributed by atoms with Crippen molar-refractivity contribution in [3.05, 3.63) is 35.5 Å². The van der Waals surface area contributed by atoms with Gasteiger partial charge in [-0.3, -0.25) is 4.90 Å². The summed E-state index contributed by atoms with van der Waals surface area (Å²) in [6, 6.07) is 8.98. The van der Waals surface area contributed by atoms with Crippen molar-refractivity contribution >= 4 is 10.9 Å². The highest BCUT2D eigenvalue weighted by atomic mass is 16.5. The fourth-order valence-electron chi connectivity index (χ4n) is 3.25. The average Bonchev–Trinajstić information content (AvgIpc) is 2.81. The zero-order valence-corrected chi connectivity index (χ0v) is 13.8. The van der Waals surface area contributed by atoms with Crippen LogP contribution in [-0.4, -0.2) is 49.0 Å². The summed E-state index contributed by atoms with van der Waals surface area (Å²) in [5.74, 6) is 0. The summed E-state index contributed by atoms with van der Waals surface area (Å²) in [6.07, 6.45) is 1.27. The Morgan fingerprint density at radius 1 is 1.32 bits per heavy atom. The van der Waals surface area contributed by atoms with Crippen molar-refractivity contribution in [1.82, 2.24) is 9.47 Å². The lowest BCUT2D eigenvalue weighted by atomic mass is 10.2. The molecule has 1 atom stereocenters. The molecule has 1 saturated heterocycles. The van der Waals surface area contributed by atoms with Crippen molar-refractivity contribution < 1.29 is 9.47 Å². The van der Waals surface area contributed by atoms with Crippen LogP contribution in [0.25, 0.3) is 10.9 Å². The van der Waals surface area contributed by atoms with E-state index in [1.165, 1.54) is 22.2 Å². The zero-order chi connectivity index (χ0) is 15.5. The van der Waals surface area contributed by atoms with Crippen molar-refractivity contribution in [2.45, 2.75) is 26.0 Å². The number of ether oxygens (including phenoxy) is 2. The van der Waals surface area contributed by atoms with Gasteiger partial charge in [-0.1, -0.05) is 11.6 Å². The maximum absolute atomic E-state index is 5.82. The lowest BCUT2D eigenvalue weighted by molar-refractivity contribution is -0.0437. The van der Waals surface area contributed by atoms with Gasteiger partial charge in [-0.15, -0.1) is 0 Å². The smallest absolute Gasteiger partial charge is 0.0724 e. The first-order valence-corrected chi connectivity index (χ1v) is 8.05. The van der Waals surface area contributed by atoms with Crippen molar-refractivity contribution in [1.29, 1.82) is 0 Å². The van der Waals surface area contributed by atoms with Gasteiger partial charge in [0.05, 0.1) is 12.7 Å². The number of morpholine rings is 1. The summed E-state index contributed by atoms with van der Waals surface area (Å²) in [5.41, 5.74) is 3.99. The maximum atomic E-state index is 5.82. The summed E-state index contributed by atoms with van der Waals surface area (Å²) >= 11 is 0. The molecule has 1 aliphatic heterocycles. The van der Waals surface area contributed by atoms with Crippen LogP contribution in [0.5, 0.6) is 0 Å².